The highest BCUT2D eigenvalue weighted by molar-refractivity contribution is 8.00. The highest BCUT2D eigenvalue weighted by Gasteiger charge is 2.41. The van der Waals surface area contributed by atoms with Crippen LogP contribution in [-0.2, 0) is 17.6 Å². The molecule has 1 aliphatic carbocycles. The smallest absolute Gasteiger partial charge is 0.320 e. The molecule has 108 valence electrons. The molecule has 1 fully saturated rings. The molecule has 1 aliphatic heterocycles. The SMILES string of the molecule is COc1ccc2c(c1)CC1(CC2)NC(C(=O)O)CCS1. The van der Waals surface area contributed by atoms with Gasteiger partial charge in [0.15, 0.2) is 0 Å². The van der Waals surface area contributed by atoms with E-state index in [0.717, 1.165) is 30.8 Å². The molecule has 0 aromatic heterocycles. The zero-order valence-electron chi connectivity index (χ0n) is 11.5. The van der Waals surface area contributed by atoms with Crippen LogP contribution in [0.2, 0.25) is 0 Å². The van der Waals surface area contributed by atoms with Crippen LogP contribution in [0.3, 0.4) is 0 Å². The molecule has 2 N–H and O–H groups in total. The van der Waals surface area contributed by atoms with Gasteiger partial charge in [0.05, 0.1) is 12.0 Å². The van der Waals surface area contributed by atoms with Crippen LogP contribution in [0, 0.1) is 0 Å². The number of thioether (sulfide) groups is 1. The molecular formula is C15H19NO3S. The van der Waals surface area contributed by atoms with Gasteiger partial charge in [-0.05, 0) is 48.3 Å². The van der Waals surface area contributed by atoms with Crippen LogP contribution in [0.15, 0.2) is 18.2 Å². The van der Waals surface area contributed by atoms with Gasteiger partial charge in [-0.15, -0.1) is 11.8 Å². The van der Waals surface area contributed by atoms with Gasteiger partial charge in [-0.2, -0.15) is 0 Å². The van der Waals surface area contributed by atoms with Crippen molar-refractivity contribution in [3.63, 3.8) is 0 Å². The van der Waals surface area contributed by atoms with E-state index in [9.17, 15) is 9.90 Å². The number of ether oxygens (including phenoxy) is 1. The lowest BCUT2D eigenvalue weighted by molar-refractivity contribution is -0.140. The number of aryl methyl sites for hydroxylation is 1. The summed E-state index contributed by atoms with van der Waals surface area (Å²) in [5.41, 5.74) is 2.64. The van der Waals surface area contributed by atoms with Crippen LogP contribution >= 0.6 is 11.8 Å². The number of rotatable bonds is 2. The number of nitrogens with one attached hydrogen (secondary N) is 1. The Labute approximate surface area is 122 Å². The normalized spacial score (nSPS) is 28.9. The van der Waals surface area contributed by atoms with Gasteiger partial charge in [0, 0.05) is 6.42 Å². The molecule has 20 heavy (non-hydrogen) atoms. The Kier molecular flexibility index (Phi) is 3.65. The van der Waals surface area contributed by atoms with E-state index in [1.54, 1.807) is 7.11 Å². The van der Waals surface area contributed by atoms with Gasteiger partial charge in [-0.25, -0.2) is 0 Å². The Morgan fingerprint density at radius 1 is 1.50 bits per heavy atom. The number of benzene rings is 1. The summed E-state index contributed by atoms with van der Waals surface area (Å²) in [5.74, 6) is 1.04. The monoisotopic (exact) mass is 293 g/mol. The van der Waals surface area contributed by atoms with E-state index in [2.05, 4.69) is 17.4 Å². The zero-order valence-corrected chi connectivity index (χ0v) is 12.3. The van der Waals surface area contributed by atoms with E-state index >= 15 is 0 Å². The third-order valence-corrected chi connectivity index (χ3v) is 5.67. The maximum Gasteiger partial charge on any atom is 0.320 e. The first kappa shape index (κ1) is 13.8. The van der Waals surface area contributed by atoms with Gasteiger partial charge in [-0.3, -0.25) is 10.1 Å². The average molecular weight is 293 g/mol. The summed E-state index contributed by atoms with van der Waals surface area (Å²) in [6, 6.07) is 5.80. The summed E-state index contributed by atoms with van der Waals surface area (Å²) in [6.45, 7) is 0. The third kappa shape index (κ3) is 2.52. The predicted octanol–water partition coefficient (Wildman–Crippen LogP) is 2.06. The molecule has 2 unspecified atom stereocenters. The summed E-state index contributed by atoms with van der Waals surface area (Å²) in [5, 5.41) is 12.6. The van der Waals surface area contributed by atoms with Crippen LogP contribution in [0.4, 0.5) is 0 Å². The van der Waals surface area contributed by atoms with E-state index in [0.29, 0.717) is 6.42 Å². The van der Waals surface area contributed by atoms with Crippen LogP contribution in [-0.4, -0.2) is 34.9 Å². The first-order chi connectivity index (χ1) is 9.62. The van der Waals surface area contributed by atoms with Crippen molar-refractivity contribution >= 4 is 17.7 Å². The number of carboxylic acid groups (broad SMARTS) is 1. The molecule has 1 heterocycles. The molecule has 1 aromatic rings. The van der Waals surface area contributed by atoms with Gasteiger partial charge in [0.25, 0.3) is 0 Å². The van der Waals surface area contributed by atoms with Gasteiger partial charge in [0.1, 0.15) is 11.8 Å². The van der Waals surface area contributed by atoms with Crippen LogP contribution < -0.4 is 10.1 Å². The molecule has 4 nitrogen and oxygen atoms in total. The lowest BCUT2D eigenvalue weighted by atomic mass is 9.87. The number of fused-ring (bicyclic) bond motifs is 1. The lowest BCUT2D eigenvalue weighted by Crippen LogP contribution is -2.57. The molecule has 5 heteroatoms. The zero-order chi connectivity index (χ0) is 14.2. The summed E-state index contributed by atoms with van der Waals surface area (Å²) >= 11 is 1.87. The number of carboxylic acids is 1. The van der Waals surface area contributed by atoms with E-state index in [-0.39, 0.29) is 4.87 Å². The first-order valence-electron chi connectivity index (χ1n) is 6.92. The molecule has 0 radical (unpaired) electrons. The standard InChI is InChI=1S/C15H19NO3S/c1-19-12-3-2-10-4-6-15(9-11(10)8-12)16-13(14(17)18)5-7-20-15/h2-3,8,13,16H,4-7,9H2,1H3,(H,17,18). The number of methoxy groups -OCH3 is 1. The van der Waals surface area contributed by atoms with Gasteiger partial charge >= 0.3 is 5.97 Å². The van der Waals surface area contributed by atoms with Crippen molar-refractivity contribution in [2.24, 2.45) is 0 Å². The van der Waals surface area contributed by atoms with Crippen molar-refractivity contribution in [2.75, 3.05) is 12.9 Å². The van der Waals surface area contributed by atoms with E-state index in [1.165, 1.54) is 11.1 Å². The maximum atomic E-state index is 11.2. The Morgan fingerprint density at radius 2 is 2.35 bits per heavy atom. The number of hydrogen-bond donors (Lipinski definition) is 2. The van der Waals surface area contributed by atoms with Crippen molar-refractivity contribution in [1.82, 2.24) is 5.32 Å². The largest absolute Gasteiger partial charge is 0.497 e. The van der Waals surface area contributed by atoms with Gasteiger partial charge in [-0.1, -0.05) is 6.07 Å². The van der Waals surface area contributed by atoms with Crippen molar-refractivity contribution in [3.8, 4) is 5.75 Å². The van der Waals surface area contributed by atoms with E-state index in [4.69, 9.17) is 4.74 Å². The Bertz CT molecular complexity index is 534. The highest BCUT2D eigenvalue weighted by atomic mass is 32.2. The van der Waals surface area contributed by atoms with Crippen molar-refractivity contribution in [3.05, 3.63) is 29.3 Å². The van der Waals surface area contributed by atoms with Crippen LogP contribution in [0.25, 0.3) is 0 Å². The third-order valence-electron chi connectivity index (χ3n) is 4.21. The maximum absolute atomic E-state index is 11.2. The Hall–Kier alpha value is -1.20. The fourth-order valence-corrected chi connectivity index (χ4v) is 4.58. The highest BCUT2D eigenvalue weighted by Crippen LogP contribution is 2.41. The molecule has 3 rings (SSSR count). The molecule has 0 bridgehead atoms. The molecule has 0 saturated carbocycles. The fourth-order valence-electron chi connectivity index (χ4n) is 3.11. The molecular weight excluding hydrogens is 274 g/mol. The molecule has 0 amide bonds. The van der Waals surface area contributed by atoms with Crippen LogP contribution in [0.5, 0.6) is 5.75 Å². The second-order valence-corrected chi connectivity index (χ2v) is 6.96. The number of aliphatic carboxylic acids is 1. The predicted molar refractivity (Wildman–Crippen MR) is 79.4 cm³/mol. The minimum atomic E-state index is -0.735. The van der Waals surface area contributed by atoms with Gasteiger partial charge < -0.3 is 9.84 Å². The van der Waals surface area contributed by atoms with Crippen LogP contribution in [0.1, 0.15) is 24.0 Å². The molecule has 2 aliphatic rings. The minimum Gasteiger partial charge on any atom is -0.497 e. The van der Waals surface area contributed by atoms with E-state index in [1.807, 2.05) is 17.8 Å². The quantitative estimate of drug-likeness (QED) is 0.874. The number of carbonyl (C=O) groups is 1. The summed E-state index contributed by atoms with van der Waals surface area (Å²) in [7, 11) is 1.67. The second-order valence-electron chi connectivity index (χ2n) is 5.48. The fraction of sp³-hybridized carbons (Fsp3) is 0.533. The Morgan fingerprint density at radius 3 is 3.10 bits per heavy atom. The second kappa shape index (κ2) is 5.30. The molecule has 1 saturated heterocycles. The van der Waals surface area contributed by atoms with Crippen molar-refractivity contribution in [1.29, 1.82) is 0 Å². The van der Waals surface area contributed by atoms with Crippen molar-refractivity contribution in [2.45, 2.75) is 36.6 Å². The Balaban J connectivity index is 1.84. The lowest BCUT2D eigenvalue weighted by Gasteiger charge is -2.43. The average Bonchev–Trinajstić information content (AvgIpc) is 2.46. The molecule has 1 aromatic carbocycles. The first-order valence-corrected chi connectivity index (χ1v) is 7.91. The summed E-state index contributed by atoms with van der Waals surface area (Å²) in [6.07, 6.45) is 3.55. The minimum absolute atomic E-state index is 0.124. The molecule has 2 atom stereocenters. The van der Waals surface area contributed by atoms with E-state index < -0.39 is 12.0 Å². The summed E-state index contributed by atoms with van der Waals surface area (Å²) in [4.78, 5) is 11.1. The van der Waals surface area contributed by atoms with Crippen molar-refractivity contribution < 1.29 is 14.6 Å². The van der Waals surface area contributed by atoms with Gasteiger partial charge in [0.2, 0.25) is 0 Å². The topological polar surface area (TPSA) is 58.6 Å². The number of hydrogen-bond acceptors (Lipinski definition) is 4. The summed E-state index contributed by atoms with van der Waals surface area (Å²) < 4.78 is 5.29. The molecule has 1 spiro atoms.